The molecular formula is C14H13ClO3. The minimum Gasteiger partial charge on any atom is -0.490 e. The standard InChI is InChI=1S/C14H13ClO3/c1-9(2)17-13-5-3-10(15)7-12(13)14-6-4-11(8-16)18-14/h3-9H,1-2H3. The Balaban J connectivity index is 2.46. The molecule has 3 nitrogen and oxygen atoms in total. The van der Waals surface area contributed by atoms with E-state index >= 15 is 0 Å². The first kappa shape index (κ1) is 12.7. The summed E-state index contributed by atoms with van der Waals surface area (Å²) in [5, 5.41) is 0.588. The highest BCUT2D eigenvalue weighted by Crippen LogP contribution is 2.34. The second-order valence-corrected chi connectivity index (χ2v) is 4.56. The summed E-state index contributed by atoms with van der Waals surface area (Å²) >= 11 is 5.98. The molecule has 0 radical (unpaired) electrons. The fraction of sp³-hybridized carbons (Fsp3) is 0.214. The molecule has 0 fully saturated rings. The molecule has 0 atom stereocenters. The second kappa shape index (κ2) is 5.27. The highest BCUT2D eigenvalue weighted by molar-refractivity contribution is 6.30. The van der Waals surface area contributed by atoms with Crippen molar-refractivity contribution in [1.82, 2.24) is 0 Å². The van der Waals surface area contributed by atoms with Crippen LogP contribution in [0.25, 0.3) is 11.3 Å². The number of halogens is 1. The van der Waals surface area contributed by atoms with E-state index in [4.69, 9.17) is 20.8 Å². The maximum Gasteiger partial charge on any atom is 0.185 e. The number of hydrogen-bond donors (Lipinski definition) is 0. The average Bonchev–Trinajstić information content (AvgIpc) is 2.79. The molecule has 4 heteroatoms. The zero-order valence-corrected chi connectivity index (χ0v) is 10.9. The molecule has 18 heavy (non-hydrogen) atoms. The van der Waals surface area contributed by atoms with Crippen molar-refractivity contribution in [2.24, 2.45) is 0 Å². The van der Waals surface area contributed by atoms with Crippen LogP contribution in [-0.2, 0) is 0 Å². The minimum atomic E-state index is 0.0467. The number of carbonyl (C=O) groups is 1. The first-order valence-corrected chi connectivity index (χ1v) is 5.99. The number of ether oxygens (including phenoxy) is 1. The lowest BCUT2D eigenvalue weighted by atomic mass is 10.1. The van der Waals surface area contributed by atoms with Crippen molar-refractivity contribution in [2.45, 2.75) is 20.0 Å². The van der Waals surface area contributed by atoms with Crippen molar-refractivity contribution in [2.75, 3.05) is 0 Å². The summed E-state index contributed by atoms with van der Waals surface area (Å²) in [5.41, 5.74) is 0.740. The maximum absolute atomic E-state index is 10.6. The highest BCUT2D eigenvalue weighted by atomic mass is 35.5. The molecule has 0 N–H and O–H groups in total. The molecule has 0 spiro atoms. The van der Waals surface area contributed by atoms with E-state index in [0.29, 0.717) is 22.8 Å². The Kier molecular flexibility index (Phi) is 3.72. The first-order valence-electron chi connectivity index (χ1n) is 5.61. The molecule has 0 aliphatic rings. The van der Waals surface area contributed by atoms with E-state index < -0.39 is 0 Å². The molecule has 2 aromatic rings. The van der Waals surface area contributed by atoms with Crippen LogP contribution < -0.4 is 4.74 Å². The molecule has 0 unspecified atom stereocenters. The van der Waals surface area contributed by atoms with E-state index in [1.165, 1.54) is 0 Å². The minimum absolute atomic E-state index is 0.0467. The van der Waals surface area contributed by atoms with Gasteiger partial charge in [0.1, 0.15) is 11.5 Å². The number of benzene rings is 1. The van der Waals surface area contributed by atoms with Gasteiger partial charge in [-0.1, -0.05) is 11.6 Å². The molecule has 1 aromatic heterocycles. The van der Waals surface area contributed by atoms with Crippen LogP contribution in [0.15, 0.2) is 34.7 Å². The van der Waals surface area contributed by atoms with Crippen LogP contribution in [0.2, 0.25) is 5.02 Å². The molecule has 0 aliphatic heterocycles. The summed E-state index contributed by atoms with van der Waals surface area (Å²) in [6.07, 6.45) is 0.710. The van der Waals surface area contributed by atoms with Crippen LogP contribution in [0.5, 0.6) is 5.75 Å². The van der Waals surface area contributed by atoms with Gasteiger partial charge in [-0.05, 0) is 44.2 Å². The van der Waals surface area contributed by atoms with Crippen molar-refractivity contribution in [3.8, 4) is 17.1 Å². The van der Waals surface area contributed by atoms with Gasteiger partial charge in [0.05, 0.1) is 11.7 Å². The van der Waals surface area contributed by atoms with E-state index in [-0.39, 0.29) is 11.9 Å². The van der Waals surface area contributed by atoms with Gasteiger partial charge in [-0.2, -0.15) is 0 Å². The van der Waals surface area contributed by atoms with Gasteiger partial charge in [0.2, 0.25) is 0 Å². The van der Waals surface area contributed by atoms with Crippen LogP contribution in [-0.4, -0.2) is 12.4 Å². The molecule has 94 valence electrons. The second-order valence-electron chi connectivity index (χ2n) is 4.13. The largest absolute Gasteiger partial charge is 0.490 e. The lowest BCUT2D eigenvalue weighted by Gasteiger charge is -2.13. The van der Waals surface area contributed by atoms with Crippen molar-refractivity contribution >= 4 is 17.9 Å². The monoisotopic (exact) mass is 264 g/mol. The Bertz CT molecular complexity index is 558. The summed E-state index contributed by atoms with van der Waals surface area (Å²) in [5.74, 6) is 1.52. The first-order chi connectivity index (χ1) is 8.60. The summed E-state index contributed by atoms with van der Waals surface area (Å²) in [6.45, 7) is 3.88. The quantitative estimate of drug-likeness (QED) is 0.777. The topological polar surface area (TPSA) is 39.4 Å². The van der Waals surface area contributed by atoms with Gasteiger partial charge in [0, 0.05) is 5.02 Å². The maximum atomic E-state index is 10.6. The predicted molar refractivity (Wildman–Crippen MR) is 70.3 cm³/mol. The van der Waals surface area contributed by atoms with E-state index in [1.54, 1.807) is 30.3 Å². The summed E-state index contributed by atoms with van der Waals surface area (Å²) < 4.78 is 11.1. The molecule has 2 rings (SSSR count). The summed E-state index contributed by atoms with van der Waals surface area (Å²) in [4.78, 5) is 10.6. The molecular weight excluding hydrogens is 252 g/mol. The zero-order chi connectivity index (χ0) is 13.1. The Labute approximate surface area is 110 Å². The fourth-order valence-corrected chi connectivity index (χ4v) is 1.78. The van der Waals surface area contributed by atoms with Crippen LogP contribution in [0.4, 0.5) is 0 Å². The third-order valence-corrected chi connectivity index (χ3v) is 2.55. The fourth-order valence-electron chi connectivity index (χ4n) is 1.61. The molecule has 0 saturated carbocycles. The summed E-state index contributed by atoms with van der Waals surface area (Å²) in [7, 11) is 0. The van der Waals surface area contributed by atoms with Gasteiger partial charge in [0.15, 0.2) is 12.0 Å². The molecule has 0 amide bonds. The SMILES string of the molecule is CC(C)Oc1ccc(Cl)cc1-c1ccc(C=O)o1. The Morgan fingerprint density at radius 1 is 1.28 bits per heavy atom. The van der Waals surface area contributed by atoms with Gasteiger partial charge < -0.3 is 9.15 Å². The Morgan fingerprint density at radius 2 is 2.06 bits per heavy atom. The van der Waals surface area contributed by atoms with Crippen molar-refractivity contribution < 1.29 is 13.9 Å². The molecule has 0 bridgehead atoms. The van der Waals surface area contributed by atoms with Gasteiger partial charge in [-0.3, -0.25) is 4.79 Å². The predicted octanol–water partition coefficient (Wildman–Crippen LogP) is 4.20. The normalized spacial score (nSPS) is 10.7. The van der Waals surface area contributed by atoms with Crippen molar-refractivity contribution in [3.05, 3.63) is 41.1 Å². The smallest absolute Gasteiger partial charge is 0.185 e. The lowest BCUT2D eigenvalue weighted by molar-refractivity contribution is 0.110. The Morgan fingerprint density at radius 3 is 2.67 bits per heavy atom. The number of hydrogen-bond acceptors (Lipinski definition) is 3. The van der Waals surface area contributed by atoms with Crippen LogP contribution >= 0.6 is 11.6 Å². The van der Waals surface area contributed by atoms with Gasteiger partial charge in [-0.15, -0.1) is 0 Å². The Hall–Kier alpha value is -1.74. The molecule has 1 heterocycles. The third-order valence-electron chi connectivity index (χ3n) is 2.31. The summed E-state index contributed by atoms with van der Waals surface area (Å²) in [6, 6.07) is 8.64. The molecule has 1 aromatic carbocycles. The average molecular weight is 265 g/mol. The number of aldehydes is 1. The number of carbonyl (C=O) groups excluding carboxylic acids is 1. The van der Waals surface area contributed by atoms with E-state index in [0.717, 1.165) is 5.56 Å². The van der Waals surface area contributed by atoms with Crippen molar-refractivity contribution in [3.63, 3.8) is 0 Å². The molecule has 0 aliphatic carbocycles. The lowest BCUT2D eigenvalue weighted by Crippen LogP contribution is -2.06. The van der Waals surface area contributed by atoms with E-state index in [2.05, 4.69) is 0 Å². The number of furan rings is 1. The third kappa shape index (κ3) is 2.74. The van der Waals surface area contributed by atoms with E-state index in [1.807, 2.05) is 13.8 Å². The molecule has 0 saturated heterocycles. The van der Waals surface area contributed by atoms with Crippen molar-refractivity contribution in [1.29, 1.82) is 0 Å². The van der Waals surface area contributed by atoms with E-state index in [9.17, 15) is 4.79 Å². The zero-order valence-electron chi connectivity index (χ0n) is 10.1. The van der Waals surface area contributed by atoms with Crippen LogP contribution in [0.1, 0.15) is 24.4 Å². The van der Waals surface area contributed by atoms with Gasteiger partial charge >= 0.3 is 0 Å². The van der Waals surface area contributed by atoms with Gasteiger partial charge in [0.25, 0.3) is 0 Å². The highest BCUT2D eigenvalue weighted by Gasteiger charge is 2.12. The number of rotatable bonds is 4. The van der Waals surface area contributed by atoms with Gasteiger partial charge in [-0.25, -0.2) is 0 Å². The van der Waals surface area contributed by atoms with Crippen LogP contribution in [0.3, 0.4) is 0 Å². The van der Waals surface area contributed by atoms with Crippen LogP contribution in [0, 0.1) is 0 Å².